The average Bonchev–Trinajstić information content (AvgIpc) is 2.61. The molecule has 1 atom stereocenters. The van der Waals surface area contributed by atoms with Crippen LogP contribution in [0.25, 0.3) is 0 Å². The summed E-state index contributed by atoms with van der Waals surface area (Å²) in [4.78, 5) is 36.9. The maximum Gasteiger partial charge on any atom is 0.325 e. The molecule has 1 saturated heterocycles. The van der Waals surface area contributed by atoms with Crippen LogP contribution in [0.1, 0.15) is 12.5 Å². The number of halogens is 1. The zero-order valence-corrected chi connectivity index (χ0v) is 13.6. The van der Waals surface area contributed by atoms with Crippen molar-refractivity contribution in [3.05, 3.63) is 35.6 Å². The van der Waals surface area contributed by atoms with Gasteiger partial charge in [0.25, 0.3) is 11.8 Å². The lowest BCUT2D eigenvalue weighted by atomic mass is 9.91. The third-order valence-electron chi connectivity index (χ3n) is 3.30. The van der Waals surface area contributed by atoms with Gasteiger partial charge >= 0.3 is 6.03 Å². The summed E-state index contributed by atoms with van der Waals surface area (Å²) in [7, 11) is -2.69. The first-order valence-corrected chi connectivity index (χ1v) is 8.97. The van der Waals surface area contributed by atoms with E-state index in [1.54, 1.807) is 0 Å². The minimum atomic E-state index is -2.69. The van der Waals surface area contributed by atoms with Crippen LogP contribution in [-0.2, 0) is 24.9 Å². The van der Waals surface area contributed by atoms with E-state index in [2.05, 4.69) is 9.68 Å². The molecule has 7 nitrogen and oxygen atoms in total. The van der Waals surface area contributed by atoms with Crippen LogP contribution in [0.5, 0.6) is 0 Å². The minimum Gasteiger partial charge on any atom is -0.319 e. The van der Waals surface area contributed by atoms with Crippen molar-refractivity contribution in [1.82, 2.24) is 10.2 Å². The Hall–Kier alpha value is -2.29. The second kappa shape index (κ2) is 5.73. The van der Waals surface area contributed by atoms with E-state index in [-0.39, 0.29) is 5.56 Å². The molecule has 1 unspecified atom stereocenters. The highest BCUT2D eigenvalue weighted by atomic mass is 32.2. The van der Waals surface area contributed by atoms with Crippen molar-refractivity contribution in [3.63, 3.8) is 0 Å². The normalized spacial score (nSPS) is 21.3. The fourth-order valence-electron chi connectivity index (χ4n) is 2.30. The monoisotopic (exact) mass is 341 g/mol. The summed E-state index contributed by atoms with van der Waals surface area (Å²) in [6.45, 7) is 0.712. The van der Waals surface area contributed by atoms with Crippen LogP contribution in [0.3, 0.4) is 0 Å². The lowest BCUT2D eigenvalue weighted by Gasteiger charge is -2.22. The van der Waals surface area contributed by atoms with Gasteiger partial charge in [0.2, 0.25) is 0 Å². The summed E-state index contributed by atoms with van der Waals surface area (Å²) >= 11 is 0. The van der Waals surface area contributed by atoms with Crippen molar-refractivity contribution in [3.8, 4) is 0 Å². The predicted molar refractivity (Wildman–Crippen MR) is 81.4 cm³/mol. The number of hydrogen-bond acceptors (Lipinski definition) is 4. The first kappa shape index (κ1) is 17.1. The number of hydrogen-bond donors (Lipinski definition) is 1. The standard InChI is InChI=1S/C14H16FN3O4S/c1-14(9-6-4-5-7-10(9)15)12(20)18(13(21)16-14)8-11(19)17-23(2,3)22/h4-7H,8H2,1-3H3,(H,16,21). The van der Waals surface area contributed by atoms with Gasteiger partial charge in [-0.25, -0.2) is 13.4 Å². The lowest BCUT2D eigenvalue weighted by Crippen LogP contribution is -2.42. The van der Waals surface area contributed by atoms with Crippen LogP contribution in [0, 0.1) is 5.82 Å². The van der Waals surface area contributed by atoms with Gasteiger partial charge < -0.3 is 5.32 Å². The number of carbonyl (C=O) groups excluding carboxylic acids is 3. The smallest absolute Gasteiger partial charge is 0.319 e. The number of urea groups is 1. The summed E-state index contributed by atoms with van der Waals surface area (Å²) in [5.41, 5.74) is -1.61. The van der Waals surface area contributed by atoms with Crippen LogP contribution >= 0.6 is 0 Å². The van der Waals surface area contributed by atoms with Crippen molar-refractivity contribution in [2.75, 3.05) is 19.1 Å². The van der Waals surface area contributed by atoms with E-state index >= 15 is 0 Å². The molecule has 1 aliphatic rings. The molecule has 0 aromatic heterocycles. The number of nitrogens with zero attached hydrogens (tertiary/aromatic N) is 2. The topological polar surface area (TPSA) is 95.9 Å². The highest BCUT2D eigenvalue weighted by Crippen LogP contribution is 2.30. The summed E-state index contributed by atoms with van der Waals surface area (Å²) in [6, 6.07) is 4.72. The molecule has 23 heavy (non-hydrogen) atoms. The molecule has 4 amide bonds. The molecule has 0 spiro atoms. The number of carbonyl (C=O) groups is 3. The van der Waals surface area contributed by atoms with Gasteiger partial charge in [0.05, 0.1) is 0 Å². The lowest BCUT2D eigenvalue weighted by molar-refractivity contribution is -0.134. The van der Waals surface area contributed by atoms with Gasteiger partial charge in [0, 0.05) is 27.8 Å². The molecule has 0 radical (unpaired) electrons. The van der Waals surface area contributed by atoms with Crippen molar-refractivity contribution in [1.29, 1.82) is 0 Å². The molecule has 1 aromatic rings. The zero-order chi connectivity index (χ0) is 17.4. The third kappa shape index (κ3) is 3.39. The molecule has 124 valence electrons. The summed E-state index contributed by atoms with van der Waals surface area (Å²) < 4.78 is 28.9. The van der Waals surface area contributed by atoms with Gasteiger partial charge in [-0.15, -0.1) is 0 Å². The summed E-state index contributed by atoms with van der Waals surface area (Å²) in [5.74, 6) is -2.28. The fraction of sp³-hybridized carbons (Fsp3) is 0.357. The molecule has 1 heterocycles. The van der Waals surface area contributed by atoms with Gasteiger partial charge in [-0.1, -0.05) is 18.2 Å². The number of rotatable bonds is 3. The first-order chi connectivity index (χ1) is 10.5. The van der Waals surface area contributed by atoms with Crippen LogP contribution in [-0.4, -0.2) is 46.0 Å². The van der Waals surface area contributed by atoms with Crippen LogP contribution < -0.4 is 5.32 Å². The van der Waals surface area contributed by atoms with Gasteiger partial charge in [-0.05, 0) is 13.0 Å². The van der Waals surface area contributed by atoms with Crippen molar-refractivity contribution < 1.29 is 23.0 Å². The molecular weight excluding hydrogens is 325 g/mol. The quantitative estimate of drug-likeness (QED) is 0.824. The molecule has 2 rings (SSSR count). The van der Waals surface area contributed by atoms with E-state index in [0.717, 1.165) is 0 Å². The molecule has 1 aromatic carbocycles. The Balaban J connectivity index is 2.32. The Labute approximate surface area is 133 Å². The Bertz CT molecular complexity index is 808. The largest absolute Gasteiger partial charge is 0.325 e. The molecule has 1 N–H and O–H groups in total. The maximum atomic E-state index is 14.0. The molecular formula is C14H16FN3O4S. The second-order valence-electron chi connectivity index (χ2n) is 5.59. The molecule has 0 saturated carbocycles. The van der Waals surface area contributed by atoms with Crippen molar-refractivity contribution >= 4 is 27.6 Å². The SMILES string of the molecule is CC1(c2ccccc2F)NC(=O)N(CC(=O)N=S(C)(C)=O)C1=O. The Morgan fingerprint density at radius 3 is 2.52 bits per heavy atom. The van der Waals surface area contributed by atoms with E-state index in [1.165, 1.54) is 43.7 Å². The highest BCUT2D eigenvalue weighted by Gasteiger charge is 2.50. The van der Waals surface area contributed by atoms with Crippen molar-refractivity contribution in [2.24, 2.45) is 4.36 Å². The number of amides is 4. The molecule has 1 aliphatic heterocycles. The van der Waals surface area contributed by atoms with E-state index in [4.69, 9.17) is 0 Å². The predicted octanol–water partition coefficient (Wildman–Crippen LogP) is 0.847. The summed E-state index contributed by atoms with van der Waals surface area (Å²) in [6.07, 6.45) is 2.53. The van der Waals surface area contributed by atoms with E-state index in [9.17, 15) is 23.0 Å². The van der Waals surface area contributed by atoms with Crippen molar-refractivity contribution in [2.45, 2.75) is 12.5 Å². The Morgan fingerprint density at radius 2 is 1.96 bits per heavy atom. The van der Waals surface area contributed by atoms with Gasteiger partial charge in [0.15, 0.2) is 0 Å². The zero-order valence-electron chi connectivity index (χ0n) is 12.8. The molecule has 0 aliphatic carbocycles. The van der Waals surface area contributed by atoms with Crippen LogP contribution in [0.2, 0.25) is 0 Å². The number of benzene rings is 1. The van der Waals surface area contributed by atoms with Crippen LogP contribution in [0.15, 0.2) is 28.6 Å². The number of nitrogens with one attached hydrogen (secondary N) is 1. The van der Waals surface area contributed by atoms with E-state index in [1.807, 2.05) is 0 Å². The van der Waals surface area contributed by atoms with Gasteiger partial charge in [-0.2, -0.15) is 4.36 Å². The van der Waals surface area contributed by atoms with Crippen LogP contribution in [0.4, 0.5) is 9.18 Å². The van der Waals surface area contributed by atoms with Gasteiger partial charge in [0.1, 0.15) is 17.9 Å². The average molecular weight is 341 g/mol. The van der Waals surface area contributed by atoms with Gasteiger partial charge in [-0.3, -0.25) is 14.5 Å². The second-order valence-corrected chi connectivity index (χ2v) is 8.14. The first-order valence-electron chi connectivity index (χ1n) is 6.64. The minimum absolute atomic E-state index is 0.0000162. The number of imide groups is 1. The Kier molecular flexibility index (Phi) is 4.25. The summed E-state index contributed by atoms with van der Waals surface area (Å²) in [5, 5.41) is 2.39. The van der Waals surface area contributed by atoms with E-state index < -0.39 is 45.5 Å². The Morgan fingerprint density at radius 1 is 1.35 bits per heavy atom. The fourth-order valence-corrected chi connectivity index (χ4v) is 2.85. The third-order valence-corrected chi connectivity index (χ3v) is 3.95. The molecule has 1 fully saturated rings. The molecule has 0 bridgehead atoms. The maximum absolute atomic E-state index is 14.0. The van der Waals surface area contributed by atoms with E-state index in [0.29, 0.717) is 4.90 Å². The highest BCUT2D eigenvalue weighted by molar-refractivity contribution is 7.92. The molecule has 9 heteroatoms.